The largest absolute Gasteiger partial charge is 0.368 e. The fourth-order valence-electron chi connectivity index (χ4n) is 1.84. The van der Waals surface area contributed by atoms with Crippen LogP contribution in [-0.4, -0.2) is 15.0 Å². The quantitative estimate of drug-likeness (QED) is 0.692. The number of fused-ring (bicyclic) bond motifs is 1. The molecule has 0 saturated heterocycles. The minimum Gasteiger partial charge on any atom is -0.368 e. The molecular formula is C12H9ClN4. The van der Waals surface area contributed by atoms with Crippen molar-refractivity contribution in [2.45, 2.75) is 0 Å². The molecular weight excluding hydrogens is 236 g/mol. The number of hydrogen-bond acceptors (Lipinski definition) is 3. The van der Waals surface area contributed by atoms with E-state index in [9.17, 15) is 0 Å². The highest BCUT2D eigenvalue weighted by Crippen LogP contribution is 2.31. The van der Waals surface area contributed by atoms with Crippen molar-refractivity contribution in [3.63, 3.8) is 0 Å². The highest BCUT2D eigenvalue weighted by molar-refractivity contribution is 6.33. The van der Waals surface area contributed by atoms with Crippen molar-refractivity contribution in [2.24, 2.45) is 0 Å². The first-order valence-electron chi connectivity index (χ1n) is 5.10. The molecule has 17 heavy (non-hydrogen) atoms. The number of nitrogens with one attached hydrogen (secondary N) is 1. The van der Waals surface area contributed by atoms with Gasteiger partial charge in [-0.25, -0.2) is 9.97 Å². The minimum absolute atomic E-state index is 0.217. The fraction of sp³-hybridized carbons (Fsp3) is 0. The van der Waals surface area contributed by atoms with Crippen LogP contribution in [0.2, 0.25) is 5.02 Å². The van der Waals surface area contributed by atoms with E-state index in [4.69, 9.17) is 17.3 Å². The number of H-pyrrole nitrogens is 1. The van der Waals surface area contributed by atoms with E-state index in [2.05, 4.69) is 15.0 Å². The Balaban J connectivity index is 2.31. The molecule has 0 radical (unpaired) electrons. The van der Waals surface area contributed by atoms with Gasteiger partial charge in [0, 0.05) is 22.7 Å². The van der Waals surface area contributed by atoms with E-state index in [0.717, 1.165) is 16.5 Å². The van der Waals surface area contributed by atoms with E-state index in [1.54, 1.807) is 0 Å². The molecule has 0 spiro atoms. The lowest BCUT2D eigenvalue weighted by molar-refractivity contribution is 1.19. The van der Waals surface area contributed by atoms with Gasteiger partial charge in [0.05, 0.1) is 16.9 Å². The monoisotopic (exact) mass is 244 g/mol. The minimum atomic E-state index is 0.217. The van der Waals surface area contributed by atoms with Crippen LogP contribution in [0.1, 0.15) is 0 Å². The first-order chi connectivity index (χ1) is 8.25. The van der Waals surface area contributed by atoms with Crippen molar-refractivity contribution in [3.8, 4) is 11.3 Å². The van der Waals surface area contributed by atoms with Gasteiger partial charge in [0.15, 0.2) is 0 Å². The van der Waals surface area contributed by atoms with Crippen LogP contribution in [0.3, 0.4) is 0 Å². The molecule has 3 rings (SSSR count). The predicted molar refractivity (Wildman–Crippen MR) is 68.7 cm³/mol. The third-order valence-electron chi connectivity index (χ3n) is 2.61. The lowest BCUT2D eigenvalue weighted by atomic mass is 10.1. The van der Waals surface area contributed by atoms with Gasteiger partial charge in [-0.05, 0) is 6.07 Å². The van der Waals surface area contributed by atoms with Gasteiger partial charge < -0.3 is 10.7 Å². The topological polar surface area (TPSA) is 67.6 Å². The van der Waals surface area contributed by atoms with Crippen molar-refractivity contribution in [1.82, 2.24) is 15.0 Å². The lowest BCUT2D eigenvalue weighted by Gasteiger charge is -2.02. The van der Waals surface area contributed by atoms with Crippen LogP contribution in [-0.2, 0) is 0 Å². The van der Waals surface area contributed by atoms with Gasteiger partial charge in [-0.1, -0.05) is 29.8 Å². The zero-order valence-corrected chi connectivity index (χ0v) is 9.57. The number of nitrogens with zero attached hydrogens (tertiary/aromatic N) is 2. The van der Waals surface area contributed by atoms with Crippen molar-refractivity contribution >= 4 is 28.5 Å². The first kappa shape index (κ1) is 10.1. The van der Waals surface area contributed by atoms with E-state index < -0.39 is 0 Å². The van der Waals surface area contributed by atoms with Gasteiger partial charge in [0.1, 0.15) is 0 Å². The van der Waals surface area contributed by atoms with Crippen LogP contribution in [0, 0.1) is 0 Å². The molecule has 84 valence electrons. The number of halogens is 1. The maximum Gasteiger partial charge on any atom is 0.220 e. The first-order valence-corrected chi connectivity index (χ1v) is 5.48. The van der Waals surface area contributed by atoms with Gasteiger partial charge in [-0.15, -0.1) is 0 Å². The summed E-state index contributed by atoms with van der Waals surface area (Å²) in [5, 5.41) is 1.55. The van der Waals surface area contributed by atoms with E-state index in [1.165, 1.54) is 6.20 Å². The number of benzene rings is 1. The summed E-state index contributed by atoms with van der Waals surface area (Å²) in [6.07, 6.45) is 3.39. The molecule has 0 saturated carbocycles. The van der Waals surface area contributed by atoms with Crippen LogP contribution in [0.15, 0.2) is 36.7 Å². The average molecular weight is 245 g/mol. The number of nitrogen functional groups attached to an aromatic ring is 1. The second kappa shape index (κ2) is 3.75. The Morgan fingerprint density at radius 2 is 2.06 bits per heavy atom. The maximum absolute atomic E-state index is 6.09. The van der Waals surface area contributed by atoms with Gasteiger partial charge in [-0.2, -0.15) is 0 Å². The van der Waals surface area contributed by atoms with Gasteiger partial charge in [-0.3, -0.25) is 0 Å². The van der Waals surface area contributed by atoms with E-state index >= 15 is 0 Å². The molecule has 1 aromatic carbocycles. The molecule has 0 aliphatic rings. The van der Waals surface area contributed by atoms with Crippen LogP contribution in [0.4, 0.5) is 5.95 Å². The Kier molecular flexibility index (Phi) is 2.23. The molecule has 2 heterocycles. The fourth-order valence-corrected chi connectivity index (χ4v) is 2.03. The van der Waals surface area contributed by atoms with Crippen molar-refractivity contribution in [1.29, 1.82) is 0 Å². The molecule has 0 atom stereocenters. The molecule has 0 aliphatic carbocycles. The Morgan fingerprint density at radius 3 is 2.94 bits per heavy atom. The lowest BCUT2D eigenvalue weighted by Crippen LogP contribution is -1.96. The molecule has 5 heteroatoms. The molecule has 0 bridgehead atoms. The summed E-state index contributed by atoms with van der Waals surface area (Å²) < 4.78 is 0. The number of aromatic amines is 1. The number of para-hydroxylation sites is 1. The van der Waals surface area contributed by atoms with E-state index in [0.29, 0.717) is 10.7 Å². The smallest absolute Gasteiger partial charge is 0.220 e. The third kappa shape index (κ3) is 1.62. The zero-order valence-electron chi connectivity index (χ0n) is 8.81. The van der Waals surface area contributed by atoms with Crippen LogP contribution in [0.5, 0.6) is 0 Å². The Hall–Kier alpha value is -2.07. The van der Waals surface area contributed by atoms with Crippen molar-refractivity contribution < 1.29 is 0 Å². The van der Waals surface area contributed by atoms with Gasteiger partial charge in [0.25, 0.3) is 0 Å². The molecule has 0 unspecified atom stereocenters. The summed E-state index contributed by atoms with van der Waals surface area (Å²) in [6.45, 7) is 0. The van der Waals surface area contributed by atoms with Crippen LogP contribution in [0.25, 0.3) is 22.2 Å². The standard InChI is InChI=1S/C12H9ClN4/c13-9-6-16-12(14)17-11(9)8-5-15-10-4-2-1-3-7(8)10/h1-6,15H,(H2,14,16,17). The summed E-state index contributed by atoms with van der Waals surface area (Å²) in [7, 11) is 0. The van der Waals surface area contributed by atoms with Gasteiger partial charge in [0.2, 0.25) is 5.95 Å². The molecule has 0 aliphatic heterocycles. The SMILES string of the molecule is Nc1ncc(Cl)c(-c2c[nH]c3ccccc23)n1. The molecule has 3 N–H and O–H groups in total. The van der Waals surface area contributed by atoms with E-state index in [-0.39, 0.29) is 5.95 Å². The predicted octanol–water partition coefficient (Wildman–Crippen LogP) is 2.86. The summed E-state index contributed by atoms with van der Waals surface area (Å²) in [5.41, 5.74) is 8.20. The second-order valence-electron chi connectivity index (χ2n) is 3.67. The number of aromatic nitrogens is 3. The Labute approximate surface area is 102 Å². The Bertz CT molecular complexity index is 690. The van der Waals surface area contributed by atoms with Gasteiger partial charge >= 0.3 is 0 Å². The second-order valence-corrected chi connectivity index (χ2v) is 4.08. The molecule has 4 nitrogen and oxygen atoms in total. The molecule has 2 aromatic heterocycles. The number of hydrogen-bond donors (Lipinski definition) is 2. The number of nitrogens with two attached hydrogens (primary N) is 1. The summed E-state index contributed by atoms with van der Waals surface area (Å²) in [4.78, 5) is 11.2. The number of anilines is 1. The zero-order chi connectivity index (χ0) is 11.8. The van der Waals surface area contributed by atoms with Crippen LogP contribution >= 0.6 is 11.6 Å². The summed E-state index contributed by atoms with van der Waals surface area (Å²) in [5.74, 6) is 0.217. The maximum atomic E-state index is 6.09. The van der Waals surface area contributed by atoms with Crippen molar-refractivity contribution in [2.75, 3.05) is 5.73 Å². The third-order valence-corrected chi connectivity index (χ3v) is 2.88. The molecule has 0 amide bonds. The van der Waals surface area contributed by atoms with E-state index in [1.807, 2.05) is 30.5 Å². The molecule has 3 aromatic rings. The number of rotatable bonds is 1. The summed E-state index contributed by atoms with van der Waals surface area (Å²) in [6, 6.07) is 7.95. The normalized spacial score (nSPS) is 10.9. The highest BCUT2D eigenvalue weighted by Gasteiger charge is 2.11. The average Bonchev–Trinajstić information content (AvgIpc) is 2.76. The van der Waals surface area contributed by atoms with Crippen molar-refractivity contribution in [3.05, 3.63) is 41.7 Å². The Morgan fingerprint density at radius 1 is 1.24 bits per heavy atom. The molecule has 0 fully saturated rings. The highest BCUT2D eigenvalue weighted by atomic mass is 35.5. The van der Waals surface area contributed by atoms with Crippen LogP contribution < -0.4 is 5.73 Å². The summed E-state index contributed by atoms with van der Waals surface area (Å²) >= 11 is 6.09.